The zero-order valence-corrected chi connectivity index (χ0v) is 21.7. The number of ketones is 1. The molecule has 2 aromatic carbocycles. The predicted octanol–water partition coefficient (Wildman–Crippen LogP) is 4.66. The molecule has 1 aliphatic rings. The second-order valence-electron chi connectivity index (χ2n) is 9.04. The van der Waals surface area contributed by atoms with Gasteiger partial charge in [-0.15, -0.1) is 12.4 Å². The summed E-state index contributed by atoms with van der Waals surface area (Å²) in [6.07, 6.45) is -0.927. The van der Waals surface area contributed by atoms with Gasteiger partial charge in [0.25, 0.3) is 5.91 Å². The van der Waals surface area contributed by atoms with Crippen LogP contribution in [-0.2, 0) is 9.53 Å². The van der Waals surface area contributed by atoms with E-state index in [1.54, 1.807) is 32.0 Å². The van der Waals surface area contributed by atoms with Gasteiger partial charge < -0.3 is 20.1 Å². The minimum absolute atomic E-state index is 0. The second kappa shape index (κ2) is 11.4. The lowest BCUT2D eigenvalue weighted by Gasteiger charge is -2.44. The van der Waals surface area contributed by atoms with Crippen molar-refractivity contribution in [1.82, 2.24) is 10.6 Å². The van der Waals surface area contributed by atoms with Crippen LogP contribution in [0.25, 0.3) is 0 Å². The SMILES string of the molecule is CC(=O)c1ccc2c(c1)[C@@H](NC(=O)c1ccc(F)c(Cl)c1)[C@H](OC(=O)CNC(C)C)C(C)(C)O2.Cl. The van der Waals surface area contributed by atoms with E-state index in [0.29, 0.717) is 16.9 Å². The summed E-state index contributed by atoms with van der Waals surface area (Å²) >= 11 is 5.85. The van der Waals surface area contributed by atoms with Crippen molar-refractivity contribution < 1.29 is 28.2 Å². The Kier molecular flexibility index (Phi) is 9.28. The summed E-state index contributed by atoms with van der Waals surface area (Å²) in [5.74, 6) is -1.44. The first-order valence-electron chi connectivity index (χ1n) is 10.9. The smallest absolute Gasteiger partial charge is 0.320 e. The number of nitrogens with one attached hydrogen (secondary N) is 2. The maximum absolute atomic E-state index is 13.6. The number of fused-ring (bicyclic) bond motifs is 1. The minimum atomic E-state index is -1.02. The van der Waals surface area contributed by atoms with Gasteiger partial charge >= 0.3 is 5.97 Å². The third-order valence-electron chi connectivity index (χ3n) is 5.49. The van der Waals surface area contributed by atoms with Crippen LogP contribution >= 0.6 is 24.0 Å². The topological polar surface area (TPSA) is 93.7 Å². The molecule has 0 saturated carbocycles. The number of halogens is 3. The van der Waals surface area contributed by atoms with Crippen LogP contribution in [0.3, 0.4) is 0 Å². The van der Waals surface area contributed by atoms with E-state index >= 15 is 0 Å². The Bertz CT molecular complexity index is 1120. The van der Waals surface area contributed by atoms with E-state index in [1.807, 2.05) is 13.8 Å². The van der Waals surface area contributed by atoms with Crippen LogP contribution in [0.15, 0.2) is 36.4 Å². The largest absolute Gasteiger partial charge is 0.484 e. The molecule has 3 rings (SSSR count). The standard InChI is InChI=1S/C25H28ClFN2O5.ClH/c1-13(2)28-12-21(31)33-23-22(29-24(32)16-6-8-19(27)18(26)11-16)17-10-15(14(3)30)7-9-20(17)34-25(23,4)5;/h6-11,13,22-23,28H,12H2,1-5H3,(H,29,32);1H/t22-,23+;/m1./s1. The number of esters is 1. The number of Topliss-reactive ketones (excluding diaryl/α,β-unsaturated/α-hetero) is 1. The normalized spacial score (nSPS) is 18.1. The molecule has 190 valence electrons. The van der Waals surface area contributed by atoms with Crippen molar-refractivity contribution in [2.45, 2.75) is 58.4 Å². The van der Waals surface area contributed by atoms with Gasteiger partial charge in [-0.25, -0.2) is 4.39 Å². The van der Waals surface area contributed by atoms with E-state index < -0.39 is 35.4 Å². The molecule has 0 spiro atoms. The molecule has 35 heavy (non-hydrogen) atoms. The highest BCUT2D eigenvalue weighted by Crippen LogP contribution is 2.42. The molecule has 0 bridgehead atoms. The fraction of sp³-hybridized carbons (Fsp3) is 0.400. The maximum atomic E-state index is 13.6. The van der Waals surface area contributed by atoms with Crippen LogP contribution in [0.2, 0.25) is 5.02 Å². The van der Waals surface area contributed by atoms with Gasteiger partial charge in [0.15, 0.2) is 11.9 Å². The number of carbonyl (C=O) groups is 3. The molecule has 2 aromatic rings. The monoisotopic (exact) mass is 526 g/mol. The summed E-state index contributed by atoms with van der Waals surface area (Å²) in [5.41, 5.74) is 0.0174. The zero-order valence-electron chi connectivity index (χ0n) is 20.1. The quantitative estimate of drug-likeness (QED) is 0.402. The number of amides is 1. The van der Waals surface area contributed by atoms with E-state index in [2.05, 4.69) is 10.6 Å². The number of benzene rings is 2. The first kappa shape index (κ1) is 28.6. The second-order valence-corrected chi connectivity index (χ2v) is 9.45. The Labute approximate surface area is 215 Å². The van der Waals surface area contributed by atoms with Crippen LogP contribution in [-0.4, -0.2) is 42.0 Å². The summed E-state index contributed by atoms with van der Waals surface area (Å²) in [4.78, 5) is 37.7. The first-order chi connectivity index (χ1) is 15.9. The van der Waals surface area contributed by atoms with E-state index in [-0.39, 0.29) is 41.4 Å². The number of hydrogen-bond acceptors (Lipinski definition) is 6. The summed E-state index contributed by atoms with van der Waals surface area (Å²) in [5, 5.41) is 5.68. The third kappa shape index (κ3) is 6.72. The molecule has 0 unspecified atom stereocenters. The van der Waals surface area contributed by atoms with Gasteiger partial charge in [-0.3, -0.25) is 14.4 Å². The predicted molar refractivity (Wildman–Crippen MR) is 133 cm³/mol. The molecule has 1 aliphatic heterocycles. The average Bonchev–Trinajstić information content (AvgIpc) is 2.75. The molecule has 1 heterocycles. The Morgan fingerprint density at radius 1 is 1.14 bits per heavy atom. The van der Waals surface area contributed by atoms with Crippen molar-refractivity contribution in [2.24, 2.45) is 0 Å². The van der Waals surface area contributed by atoms with Crippen molar-refractivity contribution in [1.29, 1.82) is 0 Å². The minimum Gasteiger partial charge on any atom is -0.484 e. The van der Waals surface area contributed by atoms with Crippen LogP contribution < -0.4 is 15.4 Å². The molecule has 0 fully saturated rings. The lowest BCUT2D eigenvalue weighted by Crippen LogP contribution is -2.56. The van der Waals surface area contributed by atoms with Gasteiger partial charge in [0.05, 0.1) is 17.6 Å². The Morgan fingerprint density at radius 3 is 2.40 bits per heavy atom. The van der Waals surface area contributed by atoms with E-state index in [0.717, 1.165) is 6.07 Å². The van der Waals surface area contributed by atoms with Gasteiger partial charge in [-0.05, 0) is 57.2 Å². The van der Waals surface area contributed by atoms with Crippen molar-refractivity contribution in [2.75, 3.05) is 6.54 Å². The molecule has 0 saturated heterocycles. The fourth-order valence-corrected chi connectivity index (χ4v) is 3.89. The van der Waals surface area contributed by atoms with Crippen LogP contribution in [0, 0.1) is 5.82 Å². The van der Waals surface area contributed by atoms with Gasteiger partial charge in [-0.1, -0.05) is 25.4 Å². The van der Waals surface area contributed by atoms with E-state index in [9.17, 15) is 18.8 Å². The van der Waals surface area contributed by atoms with Gasteiger partial charge in [0, 0.05) is 22.7 Å². The molecule has 2 atom stereocenters. The number of carbonyl (C=O) groups excluding carboxylic acids is 3. The number of ether oxygens (including phenoxy) is 2. The van der Waals surface area contributed by atoms with Gasteiger partial charge in [-0.2, -0.15) is 0 Å². The molecule has 2 N–H and O–H groups in total. The first-order valence-corrected chi connectivity index (χ1v) is 11.3. The maximum Gasteiger partial charge on any atom is 0.320 e. The van der Waals surface area contributed by atoms with Crippen LogP contribution in [0.4, 0.5) is 4.39 Å². The summed E-state index contributed by atoms with van der Waals surface area (Å²) in [6, 6.07) is 7.75. The highest BCUT2D eigenvalue weighted by atomic mass is 35.5. The zero-order chi connectivity index (χ0) is 25.2. The summed E-state index contributed by atoms with van der Waals surface area (Å²) < 4.78 is 25.5. The Morgan fingerprint density at radius 2 is 1.80 bits per heavy atom. The van der Waals surface area contributed by atoms with Crippen molar-refractivity contribution >= 4 is 41.7 Å². The molecule has 0 radical (unpaired) electrons. The number of rotatable bonds is 7. The Balaban J connectivity index is 0.00000432. The molecule has 0 aliphatic carbocycles. The molecule has 0 aromatic heterocycles. The van der Waals surface area contributed by atoms with E-state index in [1.165, 1.54) is 19.1 Å². The summed E-state index contributed by atoms with van der Waals surface area (Å²) in [7, 11) is 0. The highest BCUT2D eigenvalue weighted by Gasteiger charge is 2.47. The lowest BCUT2D eigenvalue weighted by atomic mass is 9.85. The average molecular weight is 527 g/mol. The van der Waals surface area contributed by atoms with Gasteiger partial charge in [0.1, 0.15) is 17.2 Å². The number of hydrogen-bond donors (Lipinski definition) is 2. The molecule has 7 nitrogen and oxygen atoms in total. The summed E-state index contributed by atoms with van der Waals surface area (Å²) in [6.45, 7) is 8.69. The fourth-order valence-electron chi connectivity index (χ4n) is 3.71. The van der Waals surface area contributed by atoms with Crippen molar-refractivity contribution in [3.8, 4) is 5.75 Å². The highest BCUT2D eigenvalue weighted by molar-refractivity contribution is 6.31. The third-order valence-corrected chi connectivity index (χ3v) is 5.78. The van der Waals surface area contributed by atoms with Crippen LogP contribution in [0.1, 0.15) is 66.9 Å². The molecule has 1 amide bonds. The molecule has 10 heteroatoms. The van der Waals surface area contributed by atoms with Crippen molar-refractivity contribution in [3.05, 3.63) is 63.9 Å². The van der Waals surface area contributed by atoms with E-state index in [4.69, 9.17) is 21.1 Å². The van der Waals surface area contributed by atoms with Crippen LogP contribution in [0.5, 0.6) is 5.75 Å². The molecular formula is C25H29Cl2FN2O5. The van der Waals surface area contributed by atoms with Crippen molar-refractivity contribution in [3.63, 3.8) is 0 Å². The van der Waals surface area contributed by atoms with Gasteiger partial charge in [0.2, 0.25) is 0 Å². The Hall–Kier alpha value is -2.68. The lowest BCUT2D eigenvalue weighted by molar-refractivity contribution is -0.164. The molecular weight excluding hydrogens is 498 g/mol.